The molecule has 0 saturated carbocycles. The van der Waals surface area contributed by atoms with E-state index in [9.17, 15) is 0 Å². The third kappa shape index (κ3) is 4.11. The molecule has 0 saturated heterocycles. The predicted molar refractivity (Wildman–Crippen MR) is 184 cm³/mol. The molecule has 0 bridgehead atoms. The SMILES string of the molecule is c1ccc(-c2cccc(-n3c4ccc(-c5cccs5)cc4c4cc(-c5cccs5)c(-c5nc6ccccc6o5)cc43)c2)nc1. The standard InChI is InChI=1S/C38H23N3OS2/c1-2-12-35-32(11-1)40-38(42-35)30-23-34-28(22-29(30)37-14-7-19-44-37)27-21-25(36-13-6-18-43-36)15-16-33(27)41(34)26-9-5-8-24(20-26)31-10-3-4-17-39-31/h1-23H. The van der Waals surface area contributed by atoms with Crippen molar-refractivity contribution in [3.05, 3.63) is 138 Å². The number of para-hydroxylation sites is 2. The Labute approximate surface area is 261 Å². The van der Waals surface area contributed by atoms with Gasteiger partial charge in [-0.3, -0.25) is 4.98 Å². The van der Waals surface area contributed by atoms with E-state index in [1.54, 1.807) is 22.7 Å². The minimum Gasteiger partial charge on any atom is -0.436 e. The lowest BCUT2D eigenvalue weighted by Gasteiger charge is -2.12. The Kier molecular flexibility index (Phi) is 5.82. The highest BCUT2D eigenvalue weighted by atomic mass is 32.1. The molecule has 9 aromatic rings. The lowest BCUT2D eigenvalue weighted by Crippen LogP contribution is -1.95. The van der Waals surface area contributed by atoms with Gasteiger partial charge in [0.05, 0.1) is 16.7 Å². The Morgan fingerprint density at radius 2 is 1.43 bits per heavy atom. The fraction of sp³-hybridized carbons (Fsp3) is 0. The Morgan fingerprint density at radius 3 is 2.25 bits per heavy atom. The molecule has 0 aliphatic carbocycles. The first kappa shape index (κ1) is 25.2. The maximum absolute atomic E-state index is 6.38. The van der Waals surface area contributed by atoms with E-state index in [0.717, 1.165) is 50.2 Å². The van der Waals surface area contributed by atoms with E-state index in [1.165, 1.54) is 26.1 Å². The van der Waals surface area contributed by atoms with Gasteiger partial charge >= 0.3 is 0 Å². The smallest absolute Gasteiger partial charge is 0.228 e. The summed E-state index contributed by atoms with van der Waals surface area (Å²) in [4.78, 5) is 12.0. The van der Waals surface area contributed by atoms with Gasteiger partial charge in [-0.25, -0.2) is 4.98 Å². The molecule has 0 aliphatic heterocycles. The highest BCUT2D eigenvalue weighted by molar-refractivity contribution is 7.13. The first-order valence-electron chi connectivity index (χ1n) is 14.4. The van der Waals surface area contributed by atoms with Gasteiger partial charge in [0.2, 0.25) is 5.89 Å². The number of pyridine rings is 1. The second-order valence-electron chi connectivity index (χ2n) is 10.7. The zero-order valence-corrected chi connectivity index (χ0v) is 25.0. The normalized spacial score (nSPS) is 11.6. The van der Waals surface area contributed by atoms with Crippen LogP contribution in [0, 0.1) is 0 Å². The minimum absolute atomic E-state index is 0.620. The van der Waals surface area contributed by atoms with Gasteiger partial charge in [0, 0.05) is 49.1 Å². The van der Waals surface area contributed by atoms with Crippen LogP contribution in [-0.2, 0) is 0 Å². The molecule has 0 spiro atoms. The maximum Gasteiger partial charge on any atom is 0.228 e. The molecular weight excluding hydrogens is 579 g/mol. The molecule has 208 valence electrons. The van der Waals surface area contributed by atoms with E-state index >= 15 is 0 Å². The van der Waals surface area contributed by atoms with Crippen molar-refractivity contribution in [3.8, 4) is 49.3 Å². The molecule has 0 radical (unpaired) electrons. The number of hydrogen-bond acceptors (Lipinski definition) is 5. The van der Waals surface area contributed by atoms with Crippen molar-refractivity contribution in [2.45, 2.75) is 0 Å². The van der Waals surface area contributed by atoms with Crippen LogP contribution in [0.4, 0.5) is 0 Å². The molecule has 0 unspecified atom stereocenters. The van der Waals surface area contributed by atoms with Gasteiger partial charge in [-0.05, 0) is 89.1 Å². The minimum atomic E-state index is 0.620. The van der Waals surface area contributed by atoms with E-state index in [0.29, 0.717) is 5.89 Å². The van der Waals surface area contributed by atoms with E-state index in [-0.39, 0.29) is 0 Å². The van der Waals surface area contributed by atoms with Gasteiger partial charge in [0.25, 0.3) is 0 Å². The molecule has 44 heavy (non-hydrogen) atoms. The van der Waals surface area contributed by atoms with Crippen LogP contribution in [0.5, 0.6) is 0 Å². The first-order valence-corrected chi connectivity index (χ1v) is 16.1. The number of rotatable bonds is 5. The highest BCUT2D eigenvalue weighted by Crippen LogP contribution is 2.43. The molecule has 5 heterocycles. The van der Waals surface area contributed by atoms with Crippen molar-refractivity contribution in [1.82, 2.24) is 14.5 Å². The largest absolute Gasteiger partial charge is 0.436 e. The van der Waals surface area contributed by atoms with E-state index in [4.69, 9.17) is 9.40 Å². The molecular formula is C38H23N3OS2. The van der Waals surface area contributed by atoms with Crippen LogP contribution >= 0.6 is 22.7 Å². The third-order valence-electron chi connectivity index (χ3n) is 8.09. The van der Waals surface area contributed by atoms with Gasteiger partial charge in [-0.2, -0.15) is 0 Å². The Hall–Kier alpha value is -5.30. The van der Waals surface area contributed by atoms with Gasteiger partial charge in [0.1, 0.15) is 5.52 Å². The number of aromatic nitrogens is 3. The first-order chi connectivity index (χ1) is 21.8. The quantitative estimate of drug-likeness (QED) is 0.197. The van der Waals surface area contributed by atoms with Crippen LogP contribution in [0.3, 0.4) is 0 Å². The summed E-state index contributed by atoms with van der Waals surface area (Å²) in [6.45, 7) is 0. The summed E-state index contributed by atoms with van der Waals surface area (Å²) in [5, 5.41) is 6.64. The van der Waals surface area contributed by atoms with Crippen molar-refractivity contribution in [2.75, 3.05) is 0 Å². The van der Waals surface area contributed by atoms with E-state index in [1.807, 2.05) is 42.6 Å². The Morgan fingerprint density at radius 1 is 0.591 bits per heavy atom. The number of benzene rings is 4. The van der Waals surface area contributed by atoms with Gasteiger partial charge in [-0.15, -0.1) is 22.7 Å². The fourth-order valence-electron chi connectivity index (χ4n) is 6.08. The Bertz CT molecular complexity index is 2400. The second kappa shape index (κ2) is 10.2. The van der Waals surface area contributed by atoms with Crippen LogP contribution in [0.15, 0.2) is 143 Å². The average molecular weight is 602 g/mol. The monoisotopic (exact) mass is 601 g/mol. The molecule has 4 nitrogen and oxygen atoms in total. The van der Waals surface area contributed by atoms with Crippen LogP contribution in [0.25, 0.3) is 82.2 Å². The van der Waals surface area contributed by atoms with Gasteiger partial charge in [0.15, 0.2) is 5.58 Å². The molecule has 0 N–H and O–H groups in total. The fourth-order valence-corrected chi connectivity index (χ4v) is 7.56. The summed E-state index contributed by atoms with van der Waals surface area (Å²) in [5.41, 5.74) is 10.3. The van der Waals surface area contributed by atoms with Crippen LogP contribution in [0.1, 0.15) is 0 Å². The summed E-state index contributed by atoms with van der Waals surface area (Å²) >= 11 is 3.49. The third-order valence-corrected chi connectivity index (χ3v) is 9.91. The van der Waals surface area contributed by atoms with Gasteiger partial charge in [-0.1, -0.05) is 48.5 Å². The van der Waals surface area contributed by atoms with Crippen molar-refractivity contribution >= 4 is 55.6 Å². The molecule has 0 fully saturated rings. The summed E-state index contributed by atoms with van der Waals surface area (Å²) in [7, 11) is 0. The maximum atomic E-state index is 6.38. The van der Waals surface area contributed by atoms with Crippen LogP contribution < -0.4 is 0 Å². The number of thiophene rings is 2. The van der Waals surface area contributed by atoms with Crippen molar-refractivity contribution < 1.29 is 4.42 Å². The summed E-state index contributed by atoms with van der Waals surface area (Å²) < 4.78 is 8.74. The van der Waals surface area contributed by atoms with Crippen molar-refractivity contribution in [3.63, 3.8) is 0 Å². The molecule has 0 aliphatic rings. The average Bonchev–Trinajstić information content (AvgIpc) is 3.90. The molecule has 9 rings (SSSR count). The zero-order valence-electron chi connectivity index (χ0n) is 23.3. The predicted octanol–water partition coefficient (Wildman–Crippen LogP) is 11.1. The van der Waals surface area contributed by atoms with Crippen molar-refractivity contribution in [1.29, 1.82) is 0 Å². The Balaban J connectivity index is 1.37. The molecule has 0 amide bonds. The highest BCUT2D eigenvalue weighted by Gasteiger charge is 2.21. The number of hydrogen-bond donors (Lipinski definition) is 0. The summed E-state index contributed by atoms with van der Waals surface area (Å²) in [6, 6.07) is 42.6. The molecule has 0 atom stereocenters. The molecule has 5 aromatic heterocycles. The zero-order chi connectivity index (χ0) is 29.0. The number of oxazole rings is 1. The van der Waals surface area contributed by atoms with E-state index < -0.39 is 0 Å². The lowest BCUT2D eigenvalue weighted by atomic mass is 10.0. The molecule has 4 aromatic carbocycles. The molecule has 6 heteroatoms. The summed E-state index contributed by atoms with van der Waals surface area (Å²) in [6.07, 6.45) is 1.84. The van der Waals surface area contributed by atoms with Crippen molar-refractivity contribution in [2.24, 2.45) is 0 Å². The van der Waals surface area contributed by atoms with Gasteiger partial charge < -0.3 is 8.98 Å². The van der Waals surface area contributed by atoms with E-state index in [2.05, 4.69) is 105 Å². The summed E-state index contributed by atoms with van der Waals surface area (Å²) in [5.74, 6) is 0.620. The lowest BCUT2D eigenvalue weighted by molar-refractivity contribution is 0.620. The van der Waals surface area contributed by atoms with Crippen LogP contribution in [0.2, 0.25) is 0 Å². The number of fused-ring (bicyclic) bond motifs is 4. The second-order valence-corrected chi connectivity index (χ2v) is 12.6. The van der Waals surface area contributed by atoms with Crippen LogP contribution in [-0.4, -0.2) is 14.5 Å². The topological polar surface area (TPSA) is 43.9 Å². The number of nitrogens with zero attached hydrogens (tertiary/aromatic N) is 3.